The Morgan fingerprint density at radius 1 is 0.962 bits per heavy atom. The van der Waals surface area contributed by atoms with Gasteiger partial charge in [-0.1, -0.05) is 23.8 Å². The molecule has 0 bridgehead atoms. The molecule has 0 amide bonds. The molecule has 1 aliphatic rings. The molecule has 0 saturated heterocycles. The van der Waals surface area contributed by atoms with E-state index in [1.54, 1.807) is 0 Å². The molecular weight excluding hydrogens is 348 g/mol. The summed E-state index contributed by atoms with van der Waals surface area (Å²) in [6, 6.07) is 8.17. The number of allylic oxidation sites excluding steroid dienone is 1. The maximum Gasteiger partial charge on any atom is 0.153 e. The molecule has 0 spiro atoms. The van der Waals surface area contributed by atoms with E-state index in [1.165, 1.54) is 5.56 Å². The molecule has 26 heavy (non-hydrogen) atoms. The summed E-state index contributed by atoms with van der Waals surface area (Å²) in [6.45, 7) is 1.83. The molecule has 0 N–H and O–H groups in total. The minimum absolute atomic E-state index is 0.237. The van der Waals surface area contributed by atoms with Crippen LogP contribution < -0.4 is 0 Å². The van der Waals surface area contributed by atoms with Gasteiger partial charge in [-0.25, -0.2) is 8.78 Å². The quantitative estimate of drug-likeness (QED) is 0.374. The number of hydrogen-bond donors (Lipinski definition) is 0. The summed E-state index contributed by atoms with van der Waals surface area (Å²) in [5.41, 5.74) is 4.05. The molecule has 0 unspecified atom stereocenters. The van der Waals surface area contributed by atoms with Crippen LogP contribution in [0.2, 0.25) is 0 Å². The van der Waals surface area contributed by atoms with Gasteiger partial charge in [-0.2, -0.15) is 4.99 Å². The van der Waals surface area contributed by atoms with Gasteiger partial charge in [0.25, 0.3) is 0 Å². The van der Waals surface area contributed by atoms with Crippen LogP contribution >= 0.6 is 12.2 Å². The average molecular weight is 361 g/mol. The van der Waals surface area contributed by atoms with Crippen molar-refractivity contribution < 1.29 is 8.78 Å². The van der Waals surface area contributed by atoms with Crippen LogP contribution in [0, 0.1) is 35.3 Å². The van der Waals surface area contributed by atoms with Crippen molar-refractivity contribution in [2.45, 2.75) is 19.8 Å². The standard InChI is InChI=1S/C22H13F2NS/c1-2-3-15-6-8-19-11-16(7-9-18(19)10-15)4-5-17-12-20(23)22(25-14-26)21(24)13-17/h7,9-13H,6,8H2,1H3. The Labute approximate surface area is 156 Å². The highest BCUT2D eigenvalue weighted by Crippen LogP contribution is 2.25. The van der Waals surface area contributed by atoms with Crippen molar-refractivity contribution in [3.05, 3.63) is 69.8 Å². The molecule has 0 aliphatic heterocycles. The lowest BCUT2D eigenvalue weighted by Crippen LogP contribution is -1.98. The number of halogens is 2. The Morgan fingerprint density at radius 2 is 1.69 bits per heavy atom. The normalized spacial score (nSPS) is 11.7. The van der Waals surface area contributed by atoms with Crippen molar-refractivity contribution >= 4 is 29.1 Å². The van der Waals surface area contributed by atoms with Gasteiger partial charge in [-0.3, -0.25) is 0 Å². The zero-order valence-electron chi connectivity index (χ0n) is 14.0. The molecule has 126 valence electrons. The minimum Gasteiger partial charge on any atom is -0.204 e. The molecule has 0 fully saturated rings. The van der Waals surface area contributed by atoms with Crippen LogP contribution in [-0.4, -0.2) is 5.16 Å². The highest BCUT2D eigenvalue weighted by Gasteiger charge is 2.10. The fourth-order valence-electron chi connectivity index (χ4n) is 2.76. The minimum atomic E-state index is -0.813. The van der Waals surface area contributed by atoms with Crippen LogP contribution in [0.5, 0.6) is 0 Å². The third kappa shape index (κ3) is 3.95. The number of nitrogens with zero attached hydrogens (tertiary/aromatic N) is 1. The fraction of sp³-hybridized carbons (Fsp3) is 0.136. The van der Waals surface area contributed by atoms with Crippen LogP contribution in [0.15, 0.2) is 40.9 Å². The second kappa shape index (κ2) is 7.89. The number of hydrogen-bond acceptors (Lipinski definition) is 2. The van der Waals surface area contributed by atoms with Gasteiger partial charge in [0.1, 0.15) is 5.69 Å². The zero-order valence-corrected chi connectivity index (χ0v) is 14.8. The predicted molar refractivity (Wildman–Crippen MR) is 103 cm³/mol. The number of aryl methyl sites for hydroxylation is 1. The van der Waals surface area contributed by atoms with Crippen LogP contribution in [0.4, 0.5) is 14.5 Å². The summed E-state index contributed by atoms with van der Waals surface area (Å²) in [5, 5.41) is 1.96. The Bertz CT molecular complexity index is 1060. The first kappa shape index (κ1) is 17.8. The number of rotatable bonds is 1. The first-order valence-corrected chi connectivity index (χ1v) is 8.36. The summed E-state index contributed by atoms with van der Waals surface area (Å²) in [6.07, 6.45) is 3.90. The topological polar surface area (TPSA) is 12.4 Å². The summed E-state index contributed by atoms with van der Waals surface area (Å²) in [4.78, 5) is 3.38. The van der Waals surface area contributed by atoms with Gasteiger partial charge in [0, 0.05) is 16.7 Å². The van der Waals surface area contributed by atoms with E-state index < -0.39 is 17.3 Å². The first-order chi connectivity index (χ1) is 12.6. The third-order valence-corrected chi connectivity index (χ3v) is 4.04. The molecule has 1 nitrogen and oxygen atoms in total. The van der Waals surface area contributed by atoms with E-state index in [2.05, 4.69) is 47.0 Å². The van der Waals surface area contributed by atoms with Crippen molar-refractivity contribution in [1.82, 2.24) is 0 Å². The molecule has 0 radical (unpaired) electrons. The lowest BCUT2D eigenvalue weighted by atomic mass is 9.91. The van der Waals surface area contributed by atoms with E-state index in [0.29, 0.717) is 0 Å². The monoisotopic (exact) mass is 361 g/mol. The molecular formula is C22H13F2NS. The Balaban J connectivity index is 1.90. The molecule has 4 heteroatoms. The predicted octanol–water partition coefficient (Wildman–Crippen LogP) is 5.45. The van der Waals surface area contributed by atoms with E-state index in [4.69, 9.17) is 0 Å². The fourth-order valence-corrected chi connectivity index (χ4v) is 2.85. The van der Waals surface area contributed by atoms with Gasteiger partial charge in [0.15, 0.2) is 11.6 Å². The van der Waals surface area contributed by atoms with Crippen LogP contribution in [0.1, 0.15) is 35.6 Å². The number of thiocarbonyl (C=S) groups is 1. The first-order valence-electron chi connectivity index (χ1n) is 7.96. The van der Waals surface area contributed by atoms with Crippen molar-refractivity contribution in [2.24, 2.45) is 4.99 Å². The average Bonchev–Trinajstić information content (AvgIpc) is 2.63. The Hall–Kier alpha value is -3.04. The number of aliphatic imine (C=N–C) groups is 1. The van der Waals surface area contributed by atoms with Gasteiger partial charge in [-0.15, -0.1) is 5.92 Å². The van der Waals surface area contributed by atoms with E-state index in [9.17, 15) is 8.78 Å². The largest absolute Gasteiger partial charge is 0.204 e. The second-order valence-corrected chi connectivity index (χ2v) is 5.88. The molecule has 0 saturated carbocycles. The highest BCUT2D eigenvalue weighted by molar-refractivity contribution is 7.78. The second-order valence-electron chi connectivity index (χ2n) is 5.70. The van der Waals surface area contributed by atoms with Crippen LogP contribution in [-0.2, 0) is 6.42 Å². The van der Waals surface area contributed by atoms with E-state index in [-0.39, 0.29) is 5.56 Å². The highest BCUT2D eigenvalue weighted by atomic mass is 32.1. The zero-order chi connectivity index (χ0) is 18.5. The summed E-state index contributed by atoms with van der Waals surface area (Å²) in [7, 11) is 0. The van der Waals surface area contributed by atoms with E-state index in [0.717, 1.165) is 41.7 Å². The Morgan fingerprint density at radius 3 is 2.38 bits per heavy atom. The van der Waals surface area contributed by atoms with E-state index >= 15 is 0 Å². The molecule has 1 aliphatic carbocycles. The Kier molecular flexibility index (Phi) is 5.40. The number of benzene rings is 2. The van der Waals surface area contributed by atoms with Crippen LogP contribution in [0.3, 0.4) is 0 Å². The maximum absolute atomic E-state index is 13.8. The molecule has 0 atom stereocenters. The summed E-state index contributed by atoms with van der Waals surface area (Å²) < 4.78 is 27.7. The van der Waals surface area contributed by atoms with E-state index in [1.807, 2.05) is 30.3 Å². The van der Waals surface area contributed by atoms with Crippen molar-refractivity contribution in [3.8, 4) is 23.7 Å². The molecule has 3 rings (SSSR count). The molecule has 0 aromatic heterocycles. The van der Waals surface area contributed by atoms with Crippen molar-refractivity contribution in [1.29, 1.82) is 0 Å². The smallest absolute Gasteiger partial charge is 0.153 e. The van der Waals surface area contributed by atoms with Gasteiger partial charge in [-0.05, 0) is 73.5 Å². The third-order valence-electron chi connectivity index (χ3n) is 3.95. The lowest BCUT2D eigenvalue weighted by Gasteiger charge is -2.13. The summed E-state index contributed by atoms with van der Waals surface area (Å²) in [5.74, 6) is 10.1. The SMILES string of the molecule is CC#CC1=Cc2ccc(C#Cc3cc(F)c(N=C=S)c(F)c3)cc2CC1. The van der Waals surface area contributed by atoms with Gasteiger partial charge < -0.3 is 0 Å². The lowest BCUT2D eigenvalue weighted by molar-refractivity contribution is 0.587. The molecule has 2 aromatic carbocycles. The molecule has 0 heterocycles. The summed E-state index contributed by atoms with van der Waals surface area (Å²) >= 11 is 4.38. The number of fused-ring (bicyclic) bond motifs is 1. The maximum atomic E-state index is 13.8. The van der Waals surface area contributed by atoms with Gasteiger partial charge in [0.05, 0.1) is 5.16 Å². The van der Waals surface area contributed by atoms with Crippen molar-refractivity contribution in [3.63, 3.8) is 0 Å². The van der Waals surface area contributed by atoms with Gasteiger partial charge in [0.2, 0.25) is 0 Å². The van der Waals surface area contributed by atoms with Crippen LogP contribution in [0.25, 0.3) is 6.08 Å². The van der Waals surface area contributed by atoms with Crippen molar-refractivity contribution in [2.75, 3.05) is 0 Å². The number of isothiocyanates is 1. The van der Waals surface area contributed by atoms with Gasteiger partial charge >= 0.3 is 0 Å². The molecule has 2 aromatic rings.